The lowest BCUT2D eigenvalue weighted by molar-refractivity contribution is -0.0131. The molecule has 0 atom stereocenters. The third-order valence-electron chi connectivity index (χ3n) is 6.31. The van der Waals surface area contributed by atoms with Crippen molar-refractivity contribution < 1.29 is 44.6 Å². The maximum Gasteiger partial charge on any atom is 0.286 e. The highest BCUT2D eigenvalue weighted by molar-refractivity contribution is 7.67. The molecule has 0 unspecified atom stereocenters. The summed E-state index contributed by atoms with van der Waals surface area (Å²) < 4.78 is 53.0. The lowest BCUT2D eigenvalue weighted by Gasteiger charge is -2.26. The predicted molar refractivity (Wildman–Crippen MR) is 135 cm³/mol. The zero-order valence-corrected chi connectivity index (χ0v) is 20.9. The Kier molecular flexibility index (Phi) is 5.65. The molecule has 0 aromatic heterocycles. The van der Waals surface area contributed by atoms with Gasteiger partial charge in [0.2, 0.25) is 0 Å². The third kappa shape index (κ3) is 3.75. The highest BCUT2D eigenvalue weighted by Gasteiger charge is 2.37. The average Bonchev–Trinajstić information content (AvgIpc) is 2.91. The molecule has 196 valence electrons. The van der Waals surface area contributed by atoms with Gasteiger partial charge in [0.25, 0.3) is 45.6 Å². The predicted octanol–water partition coefficient (Wildman–Crippen LogP) is 1.84. The number of carbonyl (C=O) groups is 4. The van der Waals surface area contributed by atoms with Gasteiger partial charge in [-0.25, -0.2) is 16.8 Å². The fraction of sp³-hybridized carbons (Fsp3) is 0. The highest BCUT2D eigenvalue weighted by atomic mass is 32.2. The Morgan fingerprint density at radius 3 is 1.23 bits per heavy atom. The summed E-state index contributed by atoms with van der Waals surface area (Å²) in [4.78, 5) is 51.4. The van der Waals surface area contributed by atoms with E-state index < -0.39 is 45.6 Å². The first kappa shape index (κ1) is 24.6. The van der Waals surface area contributed by atoms with Crippen molar-refractivity contribution in [2.24, 2.45) is 0 Å². The zero-order valence-electron chi connectivity index (χ0n) is 19.1. The van der Waals surface area contributed by atoms with Crippen molar-refractivity contribution in [3.8, 4) is 0 Å². The molecule has 0 bridgehead atoms. The van der Waals surface area contributed by atoms with Crippen LogP contribution in [0, 0.1) is 0 Å². The number of amides is 4. The molecular weight excluding hydrogens is 554 g/mol. The fourth-order valence-electron chi connectivity index (χ4n) is 4.79. The van der Waals surface area contributed by atoms with Gasteiger partial charge in [-0.05, 0) is 36.4 Å². The summed E-state index contributed by atoms with van der Waals surface area (Å²) in [5, 5.41) is 5.08. The number of imide groups is 2. The molecule has 2 aliphatic heterocycles. The Balaban J connectivity index is 1.48. The number of hydroxylamine groups is 4. The largest absolute Gasteiger partial charge is 0.355 e. The lowest BCUT2D eigenvalue weighted by Crippen LogP contribution is -2.40. The molecular formula is C24H13N3O10S2. The molecule has 4 amide bonds. The number of hydrogen-bond donors (Lipinski definition) is 3. The molecule has 0 saturated carbocycles. The Bertz CT molecular complexity index is 1780. The minimum atomic E-state index is -3.51. The van der Waals surface area contributed by atoms with E-state index in [2.05, 4.69) is 13.9 Å². The summed E-state index contributed by atoms with van der Waals surface area (Å²) >= 11 is 0. The Morgan fingerprint density at radius 1 is 0.513 bits per heavy atom. The molecule has 1 N–H and O–H groups in total. The molecule has 0 aliphatic carbocycles. The first-order valence-corrected chi connectivity index (χ1v) is 13.2. The van der Waals surface area contributed by atoms with E-state index in [1.54, 1.807) is 36.4 Å². The standard InChI is InChI=1S/C24H13N3O10S2/c28-21-13-5-1-3-11-17(9-7-15(19(11)13)23(30)26(21)36-38(32)33)25-18-10-8-16-20-12(18)4-2-6-14(20)22(29)27(24(16)31)37-39(34)35/h1-10,25,38-39H. The number of nitrogens with zero attached hydrogens (tertiary/aromatic N) is 2. The molecule has 4 aromatic carbocycles. The smallest absolute Gasteiger partial charge is 0.286 e. The molecule has 15 heteroatoms. The van der Waals surface area contributed by atoms with Gasteiger partial charge in [-0.2, -0.15) is 0 Å². The van der Waals surface area contributed by atoms with Crippen molar-refractivity contribution in [2.75, 3.05) is 5.32 Å². The van der Waals surface area contributed by atoms with Crippen molar-refractivity contribution in [3.05, 3.63) is 82.9 Å². The van der Waals surface area contributed by atoms with E-state index >= 15 is 0 Å². The van der Waals surface area contributed by atoms with Crippen LogP contribution in [0.5, 0.6) is 0 Å². The summed E-state index contributed by atoms with van der Waals surface area (Å²) in [6.45, 7) is 0. The Morgan fingerprint density at radius 2 is 0.872 bits per heavy atom. The second-order valence-electron chi connectivity index (χ2n) is 8.32. The van der Waals surface area contributed by atoms with E-state index in [0.29, 0.717) is 22.1 Å². The maximum absolute atomic E-state index is 12.8. The normalized spacial score (nSPS) is 14.8. The van der Waals surface area contributed by atoms with Crippen LogP contribution in [0.25, 0.3) is 21.5 Å². The number of carbonyl (C=O) groups excluding carboxylic acids is 4. The van der Waals surface area contributed by atoms with Gasteiger partial charge in [-0.3, -0.25) is 19.2 Å². The number of hydrogen-bond acceptors (Lipinski definition) is 11. The summed E-state index contributed by atoms with van der Waals surface area (Å²) in [6.07, 6.45) is 0. The Labute approximate surface area is 221 Å². The van der Waals surface area contributed by atoms with Crippen LogP contribution in [0.4, 0.5) is 11.4 Å². The van der Waals surface area contributed by atoms with Crippen LogP contribution in [-0.2, 0) is 30.5 Å². The van der Waals surface area contributed by atoms with E-state index in [4.69, 9.17) is 0 Å². The average molecular weight is 568 g/mol. The Hall–Kier alpha value is -4.70. The number of nitrogens with one attached hydrogen (secondary N) is 1. The van der Waals surface area contributed by atoms with E-state index in [0.717, 1.165) is 0 Å². The number of benzene rings is 4. The van der Waals surface area contributed by atoms with Crippen LogP contribution in [0.2, 0.25) is 0 Å². The first-order chi connectivity index (χ1) is 18.7. The van der Waals surface area contributed by atoms with Gasteiger partial charge < -0.3 is 5.32 Å². The first-order valence-electron chi connectivity index (χ1n) is 11.0. The zero-order chi connectivity index (χ0) is 27.6. The quantitative estimate of drug-likeness (QED) is 0.229. The summed E-state index contributed by atoms with van der Waals surface area (Å²) in [7, 11) is -7.03. The molecule has 39 heavy (non-hydrogen) atoms. The van der Waals surface area contributed by atoms with E-state index in [1.807, 2.05) is 0 Å². The fourth-order valence-corrected chi connectivity index (χ4v) is 5.36. The molecule has 13 nitrogen and oxygen atoms in total. The molecule has 2 heterocycles. The highest BCUT2D eigenvalue weighted by Crippen LogP contribution is 2.39. The molecule has 2 aliphatic rings. The monoisotopic (exact) mass is 567 g/mol. The third-order valence-corrected chi connectivity index (χ3v) is 6.90. The molecule has 6 rings (SSSR count). The van der Waals surface area contributed by atoms with Gasteiger partial charge in [0.1, 0.15) is 0 Å². The van der Waals surface area contributed by atoms with Gasteiger partial charge in [0.15, 0.2) is 0 Å². The second-order valence-corrected chi connectivity index (χ2v) is 9.54. The van der Waals surface area contributed by atoms with Crippen LogP contribution in [0.1, 0.15) is 41.4 Å². The van der Waals surface area contributed by atoms with Crippen molar-refractivity contribution in [3.63, 3.8) is 0 Å². The number of thiol groups is 2. The van der Waals surface area contributed by atoms with Crippen molar-refractivity contribution in [1.29, 1.82) is 0 Å². The maximum atomic E-state index is 12.8. The van der Waals surface area contributed by atoms with Gasteiger partial charge in [0, 0.05) is 32.9 Å². The number of anilines is 2. The van der Waals surface area contributed by atoms with Crippen molar-refractivity contribution in [2.45, 2.75) is 0 Å². The molecule has 4 aromatic rings. The van der Waals surface area contributed by atoms with Crippen molar-refractivity contribution in [1.82, 2.24) is 10.1 Å². The lowest BCUT2D eigenvalue weighted by atomic mass is 9.92. The van der Waals surface area contributed by atoms with Gasteiger partial charge >= 0.3 is 0 Å². The minimum absolute atomic E-state index is 0.0486. The second kappa shape index (κ2) is 8.95. The van der Waals surface area contributed by atoms with Gasteiger partial charge in [-0.15, -0.1) is 18.7 Å². The van der Waals surface area contributed by atoms with Crippen LogP contribution in [0.3, 0.4) is 0 Å². The SMILES string of the molecule is O=C1c2cccc3c(Nc4ccc5c6c(cccc46)C(=O)N(O[SH](=O)=O)C5=O)ccc(c23)C(=O)N1O[SH](=O)=O. The van der Waals surface area contributed by atoms with Crippen molar-refractivity contribution >= 4 is 78.5 Å². The number of rotatable bonds is 6. The van der Waals surface area contributed by atoms with Crippen LogP contribution < -0.4 is 5.32 Å². The summed E-state index contributed by atoms with van der Waals surface area (Å²) in [6, 6.07) is 15.2. The van der Waals surface area contributed by atoms with E-state index in [1.165, 1.54) is 24.3 Å². The van der Waals surface area contributed by atoms with E-state index in [-0.39, 0.29) is 43.2 Å². The van der Waals surface area contributed by atoms with Gasteiger partial charge in [0.05, 0.1) is 22.3 Å². The summed E-state index contributed by atoms with van der Waals surface area (Å²) in [5.74, 6) is -3.78. The molecule has 0 spiro atoms. The molecule has 0 radical (unpaired) electrons. The van der Waals surface area contributed by atoms with Crippen LogP contribution in [-0.4, -0.2) is 50.6 Å². The van der Waals surface area contributed by atoms with E-state index in [9.17, 15) is 36.0 Å². The summed E-state index contributed by atoms with van der Waals surface area (Å²) in [5.41, 5.74) is 1.12. The van der Waals surface area contributed by atoms with Crippen LogP contribution in [0.15, 0.2) is 60.7 Å². The minimum Gasteiger partial charge on any atom is -0.355 e. The van der Waals surface area contributed by atoms with Crippen LogP contribution >= 0.6 is 0 Å². The molecule has 0 fully saturated rings. The van der Waals surface area contributed by atoms with Gasteiger partial charge in [-0.1, -0.05) is 24.3 Å². The molecule has 0 saturated heterocycles. The topological polar surface area (TPSA) is 174 Å².